The van der Waals surface area contributed by atoms with Gasteiger partial charge in [0.25, 0.3) is 0 Å². The highest BCUT2D eigenvalue weighted by molar-refractivity contribution is 7.19. The molecule has 1 aromatic heterocycles. The number of hydrogen-bond donors (Lipinski definition) is 1. The van der Waals surface area contributed by atoms with Crippen LogP contribution in [0, 0.1) is 22.9 Å². The van der Waals surface area contributed by atoms with Crippen molar-refractivity contribution in [3.8, 4) is 22.9 Å². The van der Waals surface area contributed by atoms with Gasteiger partial charge in [-0.05, 0) is 137 Å². The highest BCUT2D eigenvalue weighted by atomic mass is 32.1. The Hall–Kier alpha value is -3.39. The summed E-state index contributed by atoms with van der Waals surface area (Å²) in [6.07, 6.45) is 3.90. The van der Waals surface area contributed by atoms with Gasteiger partial charge < -0.3 is 5.11 Å². The number of benzene rings is 5. The maximum Gasteiger partial charge on any atom is 0.146 e. The molecule has 1 fully saturated rings. The Bertz CT molecular complexity index is 2350. The predicted molar refractivity (Wildman–Crippen MR) is 250 cm³/mol. The predicted octanol–water partition coefficient (Wildman–Crippen LogP) is 15.4. The Labute approximate surface area is 337 Å². The third kappa shape index (κ3) is 6.60. The van der Waals surface area contributed by atoms with Crippen molar-refractivity contribution < 1.29 is 5.11 Å². The SMILES string of the molecule is CC(C)[Si](C#Cc1c2cc3ccccc3cc2c(C#C[Si](C(C)C)(C(C)C)C(C)C)c2cc3cc4sc(C5(O)CCCC5)cc4cc3cc12)(C(C)C)C(C)C. The zero-order chi connectivity index (χ0) is 39.6. The second-order valence-corrected chi connectivity index (χ2v) is 31.0. The molecule has 0 unspecified atom stereocenters. The van der Waals surface area contributed by atoms with Crippen LogP contribution in [0.4, 0.5) is 0 Å². The lowest BCUT2D eigenvalue weighted by atomic mass is 9.89. The Balaban J connectivity index is 1.65. The topological polar surface area (TPSA) is 20.2 Å². The third-order valence-electron chi connectivity index (χ3n) is 14.0. The van der Waals surface area contributed by atoms with Crippen LogP contribution in [0.1, 0.15) is 125 Å². The molecule has 0 spiro atoms. The number of fused-ring (bicyclic) bond motifs is 5. The molecule has 5 aromatic carbocycles. The number of rotatable bonds is 7. The Morgan fingerprint density at radius 3 is 1.29 bits per heavy atom. The van der Waals surface area contributed by atoms with Gasteiger partial charge in [-0.3, -0.25) is 0 Å². The van der Waals surface area contributed by atoms with E-state index in [-0.39, 0.29) is 0 Å². The van der Waals surface area contributed by atoms with Crippen molar-refractivity contribution in [1.29, 1.82) is 0 Å². The molecule has 0 radical (unpaired) electrons. The first kappa shape index (κ1) is 39.8. The maximum absolute atomic E-state index is 11.6. The smallest absolute Gasteiger partial charge is 0.146 e. The molecule has 0 saturated heterocycles. The van der Waals surface area contributed by atoms with Gasteiger partial charge in [0.05, 0.1) is 5.60 Å². The number of thiophene rings is 1. The molecule has 1 aliphatic rings. The lowest BCUT2D eigenvalue weighted by Gasteiger charge is -2.38. The van der Waals surface area contributed by atoms with Crippen LogP contribution < -0.4 is 0 Å². The monoisotopic (exact) mass is 778 g/mol. The van der Waals surface area contributed by atoms with Crippen LogP contribution in [-0.2, 0) is 5.60 Å². The van der Waals surface area contributed by atoms with Crippen molar-refractivity contribution in [3.05, 3.63) is 82.7 Å². The van der Waals surface area contributed by atoms with Gasteiger partial charge in [-0.25, -0.2) is 0 Å². The average molecular weight is 779 g/mol. The fourth-order valence-electron chi connectivity index (χ4n) is 11.1. The van der Waals surface area contributed by atoms with Gasteiger partial charge in [-0.1, -0.05) is 132 Å². The van der Waals surface area contributed by atoms with Crippen LogP contribution in [-0.4, -0.2) is 21.3 Å². The van der Waals surface area contributed by atoms with Crippen LogP contribution in [0.25, 0.3) is 53.2 Å². The number of hydrogen-bond acceptors (Lipinski definition) is 2. The molecule has 4 heteroatoms. The fraction of sp³-hybridized carbons (Fsp3) is 0.451. The van der Waals surface area contributed by atoms with Crippen molar-refractivity contribution >= 4 is 80.7 Å². The van der Waals surface area contributed by atoms with Crippen LogP contribution in [0.2, 0.25) is 33.2 Å². The zero-order valence-electron chi connectivity index (χ0n) is 35.5. The minimum absolute atomic E-state index is 0.543. The largest absolute Gasteiger partial charge is 0.384 e. The van der Waals surface area contributed by atoms with Gasteiger partial charge in [-0.15, -0.1) is 22.4 Å². The van der Waals surface area contributed by atoms with Gasteiger partial charge in [0.1, 0.15) is 16.1 Å². The minimum Gasteiger partial charge on any atom is -0.384 e. The molecular weight excluding hydrogens is 717 g/mol. The minimum atomic E-state index is -2.04. The maximum atomic E-state index is 11.6. The van der Waals surface area contributed by atoms with E-state index in [0.29, 0.717) is 33.2 Å². The van der Waals surface area contributed by atoms with Gasteiger partial charge >= 0.3 is 0 Å². The van der Waals surface area contributed by atoms with Crippen LogP contribution in [0.5, 0.6) is 0 Å². The lowest BCUT2D eigenvalue weighted by molar-refractivity contribution is 0.0484. The molecule has 0 aliphatic heterocycles. The van der Waals surface area contributed by atoms with Crippen molar-refractivity contribution in [2.24, 2.45) is 0 Å². The summed E-state index contributed by atoms with van der Waals surface area (Å²) in [5, 5.41) is 22.6. The molecule has 1 aliphatic carbocycles. The van der Waals surface area contributed by atoms with Crippen molar-refractivity contribution in [1.82, 2.24) is 0 Å². The molecule has 0 atom stereocenters. The van der Waals surface area contributed by atoms with Crippen molar-refractivity contribution in [2.75, 3.05) is 0 Å². The number of aliphatic hydroxyl groups is 1. The molecule has 7 rings (SSSR count). The fourth-order valence-corrected chi connectivity index (χ4v) is 22.8. The van der Waals surface area contributed by atoms with E-state index in [4.69, 9.17) is 0 Å². The molecule has 1 N–H and O–H groups in total. The second-order valence-electron chi connectivity index (χ2n) is 18.8. The first-order valence-electron chi connectivity index (χ1n) is 21.1. The average Bonchev–Trinajstić information content (AvgIpc) is 3.76. The first-order chi connectivity index (χ1) is 26.0. The molecule has 1 saturated carbocycles. The molecular formula is C51H62OSSi2. The summed E-state index contributed by atoms with van der Waals surface area (Å²) in [6.45, 7) is 28.9. The van der Waals surface area contributed by atoms with E-state index in [1.807, 2.05) is 0 Å². The van der Waals surface area contributed by atoms with E-state index >= 15 is 0 Å². The van der Waals surface area contributed by atoms with E-state index in [1.54, 1.807) is 11.3 Å². The Morgan fingerprint density at radius 2 is 0.891 bits per heavy atom. The summed E-state index contributed by atoms with van der Waals surface area (Å²) >= 11 is 1.78. The summed E-state index contributed by atoms with van der Waals surface area (Å²) in [6, 6.07) is 25.5. The molecule has 1 nitrogen and oxygen atoms in total. The normalized spacial score (nSPS) is 15.2. The Kier molecular flexibility index (Phi) is 10.8. The van der Waals surface area contributed by atoms with E-state index in [2.05, 4.69) is 173 Å². The molecule has 1 heterocycles. The summed E-state index contributed by atoms with van der Waals surface area (Å²) in [5.41, 5.74) is 13.2. The van der Waals surface area contributed by atoms with Gasteiger partial charge in [0.2, 0.25) is 0 Å². The van der Waals surface area contributed by atoms with Crippen LogP contribution in [0.15, 0.2) is 66.7 Å². The van der Waals surface area contributed by atoms with Crippen molar-refractivity contribution in [3.63, 3.8) is 0 Å². The quantitative estimate of drug-likeness (QED) is 0.0972. The molecule has 286 valence electrons. The third-order valence-corrected chi connectivity index (χ3v) is 27.9. The van der Waals surface area contributed by atoms with E-state index < -0.39 is 21.7 Å². The second kappa shape index (κ2) is 14.8. The molecule has 55 heavy (non-hydrogen) atoms. The van der Waals surface area contributed by atoms with Crippen molar-refractivity contribution in [2.45, 2.75) is 148 Å². The zero-order valence-corrected chi connectivity index (χ0v) is 38.3. The lowest BCUT2D eigenvalue weighted by Crippen LogP contribution is -2.43. The van der Waals surface area contributed by atoms with Gasteiger partial charge in [-0.2, -0.15) is 0 Å². The molecule has 0 amide bonds. The summed E-state index contributed by atoms with van der Waals surface area (Å²) in [4.78, 5) is 1.12. The van der Waals surface area contributed by atoms with E-state index in [1.165, 1.54) is 53.2 Å². The van der Waals surface area contributed by atoms with Crippen LogP contribution >= 0.6 is 11.3 Å². The molecule has 6 aromatic rings. The van der Waals surface area contributed by atoms with E-state index in [0.717, 1.165) is 41.7 Å². The highest BCUT2D eigenvalue weighted by Gasteiger charge is 2.43. The molecule has 0 bridgehead atoms. The Morgan fingerprint density at radius 1 is 0.509 bits per heavy atom. The summed E-state index contributed by atoms with van der Waals surface area (Å²) in [7, 11) is -4.09. The summed E-state index contributed by atoms with van der Waals surface area (Å²) < 4.78 is 1.24. The van der Waals surface area contributed by atoms with Crippen LogP contribution in [0.3, 0.4) is 0 Å². The highest BCUT2D eigenvalue weighted by Crippen LogP contribution is 2.46. The van der Waals surface area contributed by atoms with Gasteiger partial charge in [0, 0.05) is 20.7 Å². The van der Waals surface area contributed by atoms with Gasteiger partial charge in [0.15, 0.2) is 0 Å². The summed E-state index contributed by atoms with van der Waals surface area (Å²) in [5.74, 6) is 8.05. The standard InChI is InChI=1S/C51H62OSSi2/c1-32(2)54(33(3)4,34(5)6)23-19-43-45-26-38-17-13-14-18-39(38)27-46(45)44(20-24-55(35(7)8,36(9)10)37(11)12)48-29-41-30-49-42(25-40(41)28-47(43)48)31-50(53-49)51(52)21-15-16-22-51/h13-14,17-18,25-37,52H,15-16,21-22H2,1-12H3. The first-order valence-corrected chi connectivity index (χ1v) is 26.4. The van der Waals surface area contributed by atoms with E-state index in [9.17, 15) is 5.11 Å².